The van der Waals surface area contributed by atoms with Gasteiger partial charge in [0.1, 0.15) is 19.6 Å². The standard InChI is InChI=1S/C24H44N2O3/c1-2-3-4-5-6-7-8-9-10-11-12-13-14-15-16-17-23-25(20-21-27)18-19-26(23)22-24(28)29/h9-10,27H,2-8,11-22H2,1H3/p+1/b10-9+. The molecule has 2 N–H and O–H groups in total. The Morgan fingerprint density at radius 2 is 1.55 bits per heavy atom. The van der Waals surface area contributed by atoms with Crippen LogP contribution in [0.1, 0.15) is 96.8 Å². The summed E-state index contributed by atoms with van der Waals surface area (Å²) in [7, 11) is 0. The Morgan fingerprint density at radius 1 is 0.966 bits per heavy atom. The minimum Gasteiger partial charge on any atom is -0.478 e. The smallest absolute Gasteiger partial charge is 0.345 e. The Morgan fingerprint density at radius 3 is 2.14 bits per heavy atom. The molecule has 1 aliphatic heterocycles. The molecule has 0 unspecified atom stereocenters. The molecule has 1 aliphatic rings. The number of carbonyl (C=O) groups is 1. The molecule has 0 aromatic heterocycles. The van der Waals surface area contributed by atoms with Crippen molar-refractivity contribution in [3.05, 3.63) is 12.2 Å². The van der Waals surface area contributed by atoms with Crippen LogP contribution in [0.2, 0.25) is 0 Å². The number of hydrogen-bond donors (Lipinski definition) is 2. The summed E-state index contributed by atoms with van der Waals surface area (Å²) in [4.78, 5) is 13.2. The fraction of sp³-hybridized carbons (Fsp3) is 0.833. The highest BCUT2D eigenvalue weighted by Crippen LogP contribution is 2.13. The van der Waals surface area contributed by atoms with Crippen LogP contribution in [0.3, 0.4) is 0 Å². The van der Waals surface area contributed by atoms with Gasteiger partial charge < -0.3 is 10.2 Å². The summed E-state index contributed by atoms with van der Waals surface area (Å²) in [6.45, 7) is 4.65. The lowest BCUT2D eigenvalue weighted by atomic mass is 10.1. The molecule has 0 atom stereocenters. The summed E-state index contributed by atoms with van der Waals surface area (Å²) >= 11 is 0. The minimum atomic E-state index is -0.780. The highest BCUT2D eigenvalue weighted by molar-refractivity contribution is 5.79. The molecule has 0 fully saturated rings. The molecule has 0 aromatic rings. The Labute approximate surface area is 178 Å². The largest absolute Gasteiger partial charge is 0.478 e. The number of rotatable bonds is 19. The lowest BCUT2D eigenvalue weighted by molar-refractivity contribution is -0.509. The molecule has 0 aromatic carbocycles. The van der Waals surface area contributed by atoms with Crippen LogP contribution in [-0.4, -0.2) is 64.3 Å². The van der Waals surface area contributed by atoms with E-state index in [4.69, 9.17) is 5.11 Å². The van der Waals surface area contributed by atoms with E-state index < -0.39 is 5.97 Å². The van der Waals surface area contributed by atoms with Gasteiger partial charge in [0.2, 0.25) is 5.84 Å². The molecule has 5 nitrogen and oxygen atoms in total. The first-order valence-electron chi connectivity index (χ1n) is 12.0. The zero-order valence-electron chi connectivity index (χ0n) is 18.8. The van der Waals surface area contributed by atoms with E-state index in [-0.39, 0.29) is 13.2 Å². The van der Waals surface area contributed by atoms with E-state index in [0.717, 1.165) is 31.8 Å². The van der Waals surface area contributed by atoms with Gasteiger partial charge in [0, 0.05) is 6.42 Å². The number of allylic oxidation sites excluding steroid dienone is 2. The second-order valence-corrected chi connectivity index (χ2v) is 8.28. The van der Waals surface area contributed by atoms with Crippen LogP contribution in [0, 0.1) is 0 Å². The minimum absolute atomic E-state index is 0.0718. The molecule has 0 saturated heterocycles. The average molecular weight is 410 g/mol. The summed E-state index contributed by atoms with van der Waals surface area (Å²) in [6.07, 6.45) is 22.4. The molecule has 1 heterocycles. The van der Waals surface area contributed by atoms with Crippen LogP contribution in [0.5, 0.6) is 0 Å². The first-order chi connectivity index (χ1) is 14.2. The summed E-state index contributed by atoms with van der Waals surface area (Å²) < 4.78 is 1.96. The van der Waals surface area contributed by atoms with E-state index in [0.29, 0.717) is 6.54 Å². The molecule has 0 aliphatic carbocycles. The van der Waals surface area contributed by atoms with Crippen LogP contribution in [0.4, 0.5) is 0 Å². The van der Waals surface area contributed by atoms with Crippen molar-refractivity contribution in [3.63, 3.8) is 0 Å². The monoisotopic (exact) mass is 409 g/mol. The quantitative estimate of drug-likeness (QED) is 0.182. The molecular weight excluding hydrogens is 364 g/mol. The van der Waals surface area contributed by atoms with Crippen molar-refractivity contribution in [1.82, 2.24) is 4.90 Å². The van der Waals surface area contributed by atoms with Crippen LogP contribution < -0.4 is 0 Å². The zero-order chi connectivity index (χ0) is 21.2. The first kappa shape index (κ1) is 25.7. The van der Waals surface area contributed by atoms with Gasteiger partial charge in [0.15, 0.2) is 6.54 Å². The van der Waals surface area contributed by atoms with Gasteiger partial charge in [0.05, 0.1) is 6.61 Å². The lowest BCUT2D eigenvalue weighted by Gasteiger charge is -2.12. The Kier molecular flexibility index (Phi) is 15.5. The number of hydrogen-bond acceptors (Lipinski definition) is 3. The Balaban J connectivity index is 2.05. The van der Waals surface area contributed by atoms with Gasteiger partial charge in [0.25, 0.3) is 0 Å². The number of β-amino-alcohol motifs (C(OH)–C–C–N with tert-alkyl or cyclic N) is 1. The molecule has 5 heteroatoms. The van der Waals surface area contributed by atoms with Crippen LogP contribution in [0.25, 0.3) is 0 Å². The van der Waals surface area contributed by atoms with E-state index in [1.807, 2.05) is 4.58 Å². The fourth-order valence-corrected chi connectivity index (χ4v) is 4.06. The highest BCUT2D eigenvalue weighted by Gasteiger charge is 2.30. The van der Waals surface area contributed by atoms with E-state index in [9.17, 15) is 9.90 Å². The maximum absolute atomic E-state index is 11.0. The molecule has 0 spiro atoms. The number of carboxylic acids is 1. The maximum atomic E-state index is 11.0. The van der Waals surface area contributed by atoms with Crippen molar-refractivity contribution in [2.75, 3.05) is 32.8 Å². The summed E-state index contributed by atoms with van der Waals surface area (Å²) in [5.41, 5.74) is 0. The molecule has 0 saturated carbocycles. The van der Waals surface area contributed by atoms with Gasteiger partial charge in [-0.15, -0.1) is 0 Å². The maximum Gasteiger partial charge on any atom is 0.345 e. The van der Waals surface area contributed by atoms with Gasteiger partial charge in [-0.05, 0) is 32.1 Å². The van der Waals surface area contributed by atoms with Crippen molar-refractivity contribution in [2.24, 2.45) is 0 Å². The van der Waals surface area contributed by atoms with Gasteiger partial charge in [-0.3, -0.25) is 9.48 Å². The number of aliphatic hydroxyl groups is 1. The molecule has 0 radical (unpaired) electrons. The predicted molar refractivity (Wildman–Crippen MR) is 121 cm³/mol. The predicted octanol–water partition coefficient (Wildman–Crippen LogP) is 4.83. The third-order valence-electron chi connectivity index (χ3n) is 5.73. The summed E-state index contributed by atoms with van der Waals surface area (Å²) in [5.74, 6) is 0.331. The highest BCUT2D eigenvalue weighted by atomic mass is 16.4. The van der Waals surface area contributed by atoms with Gasteiger partial charge >= 0.3 is 5.97 Å². The SMILES string of the molecule is CCCCCCCC/C=C/CCCCCCCC1=[N+](CC(=O)O)CCN1CCO. The number of aliphatic hydroxyl groups excluding tert-OH is 1. The van der Waals surface area contributed by atoms with Crippen molar-refractivity contribution >= 4 is 11.8 Å². The van der Waals surface area contributed by atoms with Crippen LogP contribution >= 0.6 is 0 Å². The molecule has 0 bridgehead atoms. The number of unbranched alkanes of at least 4 members (excludes halogenated alkanes) is 11. The van der Waals surface area contributed by atoms with Crippen molar-refractivity contribution in [2.45, 2.75) is 96.8 Å². The van der Waals surface area contributed by atoms with E-state index in [2.05, 4.69) is 24.0 Å². The van der Waals surface area contributed by atoms with Crippen LogP contribution in [-0.2, 0) is 4.79 Å². The van der Waals surface area contributed by atoms with Crippen LogP contribution in [0.15, 0.2) is 12.2 Å². The van der Waals surface area contributed by atoms with Crippen molar-refractivity contribution in [3.8, 4) is 0 Å². The van der Waals surface area contributed by atoms with E-state index >= 15 is 0 Å². The third kappa shape index (κ3) is 12.7. The number of carboxylic acid groups (broad SMARTS) is 1. The number of aliphatic carboxylic acids is 1. The zero-order valence-corrected chi connectivity index (χ0v) is 18.8. The van der Waals surface area contributed by atoms with E-state index in [1.165, 1.54) is 77.0 Å². The third-order valence-corrected chi connectivity index (χ3v) is 5.73. The molecule has 29 heavy (non-hydrogen) atoms. The van der Waals surface area contributed by atoms with Gasteiger partial charge in [-0.1, -0.05) is 70.4 Å². The van der Waals surface area contributed by atoms with E-state index in [1.54, 1.807) is 0 Å². The summed E-state index contributed by atoms with van der Waals surface area (Å²) in [6, 6.07) is 0. The average Bonchev–Trinajstić information content (AvgIpc) is 3.06. The van der Waals surface area contributed by atoms with Crippen molar-refractivity contribution in [1.29, 1.82) is 0 Å². The van der Waals surface area contributed by atoms with Crippen molar-refractivity contribution < 1.29 is 19.6 Å². The summed E-state index contributed by atoms with van der Waals surface area (Å²) in [5, 5.41) is 18.3. The fourth-order valence-electron chi connectivity index (χ4n) is 4.06. The van der Waals surface area contributed by atoms with Gasteiger partial charge in [-0.2, -0.15) is 0 Å². The molecule has 0 amide bonds. The number of amidine groups is 1. The topological polar surface area (TPSA) is 63.8 Å². The Bertz CT molecular complexity index is 489. The molecule has 1 rings (SSSR count). The molecule has 168 valence electrons. The number of nitrogens with zero attached hydrogens (tertiary/aromatic N) is 2. The second kappa shape index (κ2) is 17.5. The Hall–Kier alpha value is -1.36. The normalized spacial score (nSPS) is 14.5. The van der Waals surface area contributed by atoms with Gasteiger partial charge in [-0.25, -0.2) is 4.79 Å². The molecular formula is C24H45N2O3+. The lowest BCUT2D eigenvalue weighted by Crippen LogP contribution is -2.33. The second-order valence-electron chi connectivity index (χ2n) is 8.28. The first-order valence-corrected chi connectivity index (χ1v) is 12.0.